The normalized spacial score (nSPS) is 13.1. The van der Waals surface area contributed by atoms with Gasteiger partial charge in [0.1, 0.15) is 11.6 Å². The first-order valence-corrected chi connectivity index (χ1v) is 8.16. The number of hydrogen-bond donors (Lipinski definition) is 0. The molecule has 2 nitrogen and oxygen atoms in total. The number of aromatic nitrogens is 2. The van der Waals surface area contributed by atoms with Gasteiger partial charge in [0.25, 0.3) is 0 Å². The molecule has 0 bridgehead atoms. The van der Waals surface area contributed by atoms with Gasteiger partial charge in [-0.2, -0.15) is 11.8 Å². The minimum atomic E-state index is -0.232. The first-order valence-electron chi connectivity index (χ1n) is 6.47. The van der Waals surface area contributed by atoms with Crippen molar-refractivity contribution in [3.63, 3.8) is 0 Å². The second-order valence-electron chi connectivity index (χ2n) is 4.50. The molecule has 1 aromatic carbocycles. The molecule has 0 aliphatic rings. The molecule has 1 atom stereocenters. The maximum absolute atomic E-state index is 13.4. The van der Waals surface area contributed by atoms with Gasteiger partial charge >= 0.3 is 0 Å². The zero-order valence-electron chi connectivity index (χ0n) is 11.2. The Morgan fingerprint density at radius 1 is 1.47 bits per heavy atom. The van der Waals surface area contributed by atoms with Crippen LogP contribution in [0.25, 0.3) is 11.0 Å². The van der Waals surface area contributed by atoms with Crippen molar-refractivity contribution in [1.82, 2.24) is 9.55 Å². The molecule has 0 saturated carbocycles. The fourth-order valence-corrected chi connectivity index (χ4v) is 3.21. The number of hydrogen-bond acceptors (Lipinski definition) is 2. The average Bonchev–Trinajstić information content (AvgIpc) is 2.76. The third-order valence-electron chi connectivity index (χ3n) is 3.17. The second kappa shape index (κ2) is 6.62. The van der Waals surface area contributed by atoms with E-state index in [0.717, 1.165) is 34.8 Å². The number of imidazole rings is 1. The van der Waals surface area contributed by atoms with Gasteiger partial charge in [-0.3, -0.25) is 0 Å². The van der Waals surface area contributed by atoms with Gasteiger partial charge in [-0.15, -0.1) is 11.6 Å². The van der Waals surface area contributed by atoms with Gasteiger partial charge in [0.05, 0.1) is 16.9 Å². The van der Waals surface area contributed by atoms with E-state index in [1.54, 1.807) is 12.1 Å². The molecule has 1 aromatic heterocycles. The molecule has 0 aliphatic carbocycles. The van der Waals surface area contributed by atoms with Crippen LogP contribution < -0.4 is 0 Å². The lowest BCUT2D eigenvalue weighted by Crippen LogP contribution is -2.09. The first kappa shape index (κ1) is 14.7. The Balaban J connectivity index is 2.35. The number of halogens is 2. The fourth-order valence-electron chi connectivity index (χ4n) is 2.23. The summed E-state index contributed by atoms with van der Waals surface area (Å²) >= 11 is 7.88. The Morgan fingerprint density at radius 2 is 2.26 bits per heavy atom. The number of alkyl halides is 1. The van der Waals surface area contributed by atoms with Crippen LogP contribution in [0.4, 0.5) is 4.39 Å². The highest BCUT2D eigenvalue weighted by atomic mass is 35.5. The minimum Gasteiger partial charge on any atom is -0.324 e. The van der Waals surface area contributed by atoms with Gasteiger partial charge < -0.3 is 4.57 Å². The number of thioether (sulfide) groups is 1. The molecule has 2 rings (SSSR count). The molecule has 0 fully saturated rings. The van der Waals surface area contributed by atoms with E-state index in [0.29, 0.717) is 5.88 Å². The summed E-state index contributed by atoms with van der Waals surface area (Å²) in [6.45, 7) is 4.29. The van der Waals surface area contributed by atoms with Crippen molar-refractivity contribution in [2.75, 3.05) is 11.5 Å². The molecule has 1 heterocycles. The largest absolute Gasteiger partial charge is 0.324 e. The van der Waals surface area contributed by atoms with Crippen LogP contribution >= 0.6 is 23.4 Å². The lowest BCUT2D eigenvalue weighted by Gasteiger charge is -2.16. The SMILES string of the molecule is CCSCCC(C)n1c(CCl)nc2ccc(F)cc21. The van der Waals surface area contributed by atoms with Crippen molar-refractivity contribution in [2.45, 2.75) is 32.2 Å². The molecule has 0 saturated heterocycles. The van der Waals surface area contributed by atoms with Gasteiger partial charge in [0, 0.05) is 6.04 Å². The smallest absolute Gasteiger partial charge is 0.125 e. The molecule has 0 aliphatic heterocycles. The topological polar surface area (TPSA) is 17.8 Å². The standard InChI is InChI=1S/C14H18ClFN2S/c1-3-19-7-6-10(2)18-13-8-11(16)4-5-12(13)17-14(18)9-15/h4-5,8,10H,3,6-7,9H2,1-2H3. The molecule has 1 unspecified atom stereocenters. The molecule has 2 aromatic rings. The monoisotopic (exact) mass is 300 g/mol. The molecule has 0 N–H and O–H groups in total. The van der Waals surface area contributed by atoms with Crippen LogP contribution in [-0.2, 0) is 5.88 Å². The summed E-state index contributed by atoms with van der Waals surface area (Å²) in [5.74, 6) is 3.14. The lowest BCUT2D eigenvalue weighted by atomic mass is 10.2. The predicted molar refractivity (Wildman–Crippen MR) is 81.6 cm³/mol. The summed E-state index contributed by atoms with van der Waals surface area (Å²) in [5, 5.41) is 0. The molecule has 0 amide bonds. The molecular formula is C14H18ClFN2S. The van der Waals surface area contributed by atoms with E-state index in [9.17, 15) is 4.39 Å². The lowest BCUT2D eigenvalue weighted by molar-refractivity contribution is 0.532. The summed E-state index contributed by atoms with van der Waals surface area (Å²) < 4.78 is 15.5. The Kier molecular flexibility index (Phi) is 5.11. The summed E-state index contributed by atoms with van der Waals surface area (Å²) in [5.41, 5.74) is 1.65. The average molecular weight is 301 g/mol. The zero-order chi connectivity index (χ0) is 13.8. The Hall–Kier alpha value is -0.740. The van der Waals surface area contributed by atoms with Gasteiger partial charge in [-0.05, 0) is 43.0 Å². The van der Waals surface area contributed by atoms with Crippen LogP contribution in [-0.4, -0.2) is 21.1 Å². The van der Waals surface area contributed by atoms with Gasteiger partial charge in [0.2, 0.25) is 0 Å². The van der Waals surface area contributed by atoms with Crippen LogP contribution in [0.2, 0.25) is 0 Å². The zero-order valence-corrected chi connectivity index (χ0v) is 12.8. The highest BCUT2D eigenvalue weighted by molar-refractivity contribution is 7.99. The predicted octanol–water partition coefficient (Wildman–Crippen LogP) is 4.62. The Bertz CT molecular complexity index is 556. The maximum atomic E-state index is 13.4. The quantitative estimate of drug-likeness (QED) is 0.572. The summed E-state index contributed by atoms with van der Waals surface area (Å²) in [6, 6.07) is 4.97. The summed E-state index contributed by atoms with van der Waals surface area (Å²) in [7, 11) is 0. The van der Waals surface area contributed by atoms with E-state index in [1.165, 1.54) is 6.07 Å². The third-order valence-corrected chi connectivity index (χ3v) is 4.34. The van der Waals surface area contributed by atoms with Gasteiger partial charge in [0.15, 0.2) is 0 Å². The molecule has 104 valence electrons. The molecule has 5 heteroatoms. The molecule has 0 spiro atoms. The number of benzene rings is 1. The van der Waals surface area contributed by atoms with Crippen molar-refractivity contribution >= 4 is 34.4 Å². The molecule has 19 heavy (non-hydrogen) atoms. The van der Waals surface area contributed by atoms with Crippen molar-refractivity contribution in [1.29, 1.82) is 0 Å². The highest BCUT2D eigenvalue weighted by Gasteiger charge is 2.15. The number of rotatable bonds is 6. The third kappa shape index (κ3) is 3.23. The van der Waals surface area contributed by atoms with Crippen LogP contribution in [0.1, 0.15) is 32.1 Å². The number of nitrogens with zero attached hydrogens (tertiary/aromatic N) is 2. The van der Waals surface area contributed by atoms with E-state index in [2.05, 4.69) is 23.4 Å². The van der Waals surface area contributed by atoms with Crippen molar-refractivity contribution in [3.05, 3.63) is 29.8 Å². The number of fused-ring (bicyclic) bond motifs is 1. The summed E-state index contributed by atoms with van der Waals surface area (Å²) in [6.07, 6.45) is 1.03. The fraction of sp³-hybridized carbons (Fsp3) is 0.500. The Labute approximate surface area is 122 Å². The minimum absolute atomic E-state index is 0.232. The van der Waals surface area contributed by atoms with Gasteiger partial charge in [-0.1, -0.05) is 6.92 Å². The van der Waals surface area contributed by atoms with Crippen LogP contribution in [0, 0.1) is 5.82 Å². The van der Waals surface area contributed by atoms with Crippen molar-refractivity contribution in [2.24, 2.45) is 0 Å². The highest BCUT2D eigenvalue weighted by Crippen LogP contribution is 2.25. The van der Waals surface area contributed by atoms with E-state index in [4.69, 9.17) is 11.6 Å². The van der Waals surface area contributed by atoms with Crippen LogP contribution in [0.3, 0.4) is 0 Å². The Morgan fingerprint density at radius 3 is 2.95 bits per heavy atom. The van der Waals surface area contributed by atoms with Crippen molar-refractivity contribution in [3.8, 4) is 0 Å². The summed E-state index contributed by atoms with van der Waals surface area (Å²) in [4.78, 5) is 4.48. The molecular weight excluding hydrogens is 283 g/mol. The molecule has 0 radical (unpaired) electrons. The van der Waals surface area contributed by atoms with Crippen LogP contribution in [0.5, 0.6) is 0 Å². The van der Waals surface area contributed by atoms with E-state index < -0.39 is 0 Å². The van der Waals surface area contributed by atoms with Crippen molar-refractivity contribution < 1.29 is 4.39 Å². The van der Waals surface area contributed by atoms with E-state index in [1.807, 2.05) is 11.8 Å². The van der Waals surface area contributed by atoms with E-state index >= 15 is 0 Å². The first-order chi connectivity index (χ1) is 9.17. The van der Waals surface area contributed by atoms with Gasteiger partial charge in [-0.25, -0.2) is 9.37 Å². The van der Waals surface area contributed by atoms with Crippen LogP contribution in [0.15, 0.2) is 18.2 Å². The van der Waals surface area contributed by atoms with E-state index in [-0.39, 0.29) is 11.9 Å². The maximum Gasteiger partial charge on any atom is 0.125 e. The second-order valence-corrected chi connectivity index (χ2v) is 6.16.